The molecule has 150 valence electrons. The van der Waals surface area contributed by atoms with Crippen LogP contribution in [0.1, 0.15) is 31.4 Å². The number of rotatable bonds is 4. The van der Waals surface area contributed by atoms with Crippen LogP contribution in [0.2, 0.25) is 0 Å². The third-order valence-corrected chi connectivity index (χ3v) is 8.02. The molecule has 1 unspecified atom stereocenters. The highest BCUT2D eigenvalue weighted by Gasteiger charge is 2.50. The van der Waals surface area contributed by atoms with Crippen LogP contribution in [0.5, 0.6) is 0 Å². The molecular formula is C18H21F2N5O2S. The molecule has 3 atom stereocenters. The number of aromatic nitrogens is 4. The average Bonchev–Trinajstić information content (AvgIpc) is 3.29. The van der Waals surface area contributed by atoms with Gasteiger partial charge in [-0.25, -0.2) is 27.2 Å². The molecule has 7 nitrogen and oxygen atoms in total. The lowest BCUT2D eigenvalue weighted by atomic mass is 9.95. The third-order valence-electron chi connectivity index (χ3n) is 6.08. The Hall–Kier alpha value is -2.07. The van der Waals surface area contributed by atoms with E-state index in [1.165, 1.54) is 0 Å². The molecule has 2 aliphatic rings. The summed E-state index contributed by atoms with van der Waals surface area (Å²) in [7, 11) is -3.65. The highest BCUT2D eigenvalue weighted by molar-refractivity contribution is 7.89. The van der Waals surface area contributed by atoms with E-state index in [1.54, 1.807) is 6.20 Å². The standard InChI is InChI=1S/C18H21F2N5O2S/c1-11-4-12(8-28(26,27)24-9-18(19,20)10-24)5-13(11)15-6-22-16-7-23-17-14(25(15)16)2-3-21-17/h2-3,6-7,11-13,21H,4-5,8-10H2,1H3/t11-,12+,13?/m1/s1. The average molecular weight is 409 g/mol. The molecule has 0 bridgehead atoms. The number of aromatic amines is 1. The van der Waals surface area contributed by atoms with Crippen LogP contribution in [-0.4, -0.2) is 56.8 Å². The van der Waals surface area contributed by atoms with Crippen molar-refractivity contribution in [3.05, 3.63) is 30.4 Å². The molecule has 5 rings (SSSR count). The zero-order chi connectivity index (χ0) is 19.7. The summed E-state index contributed by atoms with van der Waals surface area (Å²) in [4.78, 5) is 11.9. The van der Waals surface area contributed by atoms with E-state index in [4.69, 9.17) is 0 Å². The van der Waals surface area contributed by atoms with Gasteiger partial charge in [-0.2, -0.15) is 4.31 Å². The molecule has 3 aromatic heterocycles. The maximum Gasteiger partial charge on any atom is 0.275 e. The van der Waals surface area contributed by atoms with E-state index in [0.717, 1.165) is 33.2 Å². The molecule has 10 heteroatoms. The van der Waals surface area contributed by atoms with E-state index in [1.807, 2.05) is 18.5 Å². The van der Waals surface area contributed by atoms with Gasteiger partial charge in [0.25, 0.3) is 5.92 Å². The van der Waals surface area contributed by atoms with Gasteiger partial charge in [-0.05, 0) is 30.7 Å². The fraction of sp³-hybridized carbons (Fsp3) is 0.556. The highest BCUT2D eigenvalue weighted by Crippen LogP contribution is 2.44. The van der Waals surface area contributed by atoms with Gasteiger partial charge in [0.15, 0.2) is 11.3 Å². The molecule has 1 aliphatic carbocycles. The number of nitrogens with one attached hydrogen (secondary N) is 1. The van der Waals surface area contributed by atoms with Gasteiger partial charge >= 0.3 is 0 Å². The van der Waals surface area contributed by atoms with Crippen molar-refractivity contribution in [3.8, 4) is 0 Å². The van der Waals surface area contributed by atoms with Crippen molar-refractivity contribution in [2.24, 2.45) is 11.8 Å². The maximum atomic E-state index is 13.1. The monoisotopic (exact) mass is 409 g/mol. The first-order chi connectivity index (χ1) is 13.2. The number of imidazole rings is 1. The Morgan fingerprint density at radius 2 is 2.04 bits per heavy atom. The summed E-state index contributed by atoms with van der Waals surface area (Å²) in [6.07, 6.45) is 6.85. The Labute approximate surface area is 160 Å². The second-order valence-electron chi connectivity index (χ2n) is 8.17. The molecule has 0 spiro atoms. The molecule has 0 radical (unpaired) electrons. The number of fused-ring (bicyclic) bond motifs is 3. The summed E-state index contributed by atoms with van der Waals surface area (Å²) in [6, 6.07) is 1.95. The topological polar surface area (TPSA) is 83.4 Å². The van der Waals surface area contributed by atoms with Crippen LogP contribution in [0, 0.1) is 11.8 Å². The van der Waals surface area contributed by atoms with Crippen LogP contribution in [0.15, 0.2) is 24.7 Å². The summed E-state index contributed by atoms with van der Waals surface area (Å²) in [5.41, 5.74) is 3.52. The molecule has 0 amide bonds. The Morgan fingerprint density at radius 3 is 2.79 bits per heavy atom. The van der Waals surface area contributed by atoms with E-state index in [0.29, 0.717) is 6.42 Å². The van der Waals surface area contributed by atoms with Crippen molar-refractivity contribution in [3.63, 3.8) is 0 Å². The van der Waals surface area contributed by atoms with Crippen LogP contribution >= 0.6 is 0 Å². The number of hydrogen-bond acceptors (Lipinski definition) is 4. The van der Waals surface area contributed by atoms with Gasteiger partial charge < -0.3 is 4.98 Å². The van der Waals surface area contributed by atoms with E-state index < -0.39 is 29.0 Å². The van der Waals surface area contributed by atoms with Crippen LogP contribution in [-0.2, 0) is 10.0 Å². The lowest BCUT2D eigenvalue weighted by molar-refractivity contribution is -0.0946. The van der Waals surface area contributed by atoms with Crippen molar-refractivity contribution in [1.29, 1.82) is 0 Å². The Bertz CT molecular complexity index is 1150. The fourth-order valence-corrected chi connectivity index (χ4v) is 6.60. The molecular weight excluding hydrogens is 388 g/mol. The number of alkyl halides is 2. The Morgan fingerprint density at radius 1 is 1.25 bits per heavy atom. The van der Waals surface area contributed by atoms with Crippen molar-refractivity contribution >= 4 is 26.8 Å². The second kappa shape index (κ2) is 5.96. The van der Waals surface area contributed by atoms with E-state index in [-0.39, 0.29) is 23.5 Å². The summed E-state index contributed by atoms with van der Waals surface area (Å²) in [5, 5.41) is 0. The lowest BCUT2D eigenvalue weighted by Gasteiger charge is -2.38. The van der Waals surface area contributed by atoms with Crippen molar-refractivity contribution in [2.45, 2.75) is 31.6 Å². The van der Waals surface area contributed by atoms with Crippen LogP contribution in [0.4, 0.5) is 8.78 Å². The first-order valence-corrected chi connectivity index (χ1v) is 11.0. The Kier molecular flexibility index (Phi) is 3.83. The predicted octanol–water partition coefficient (Wildman–Crippen LogP) is 2.62. The zero-order valence-electron chi connectivity index (χ0n) is 15.3. The van der Waals surface area contributed by atoms with Crippen LogP contribution < -0.4 is 0 Å². The van der Waals surface area contributed by atoms with Crippen molar-refractivity contribution < 1.29 is 17.2 Å². The molecule has 3 aromatic rings. The maximum absolute atomic E-state index is 13.1. The van der Waals surface area contributed by atoms with Gasteiger partial charge in [-0.15, -0.1) is 0 Å². The number of nitrogens with zero attached hydrogens (tertiary/aromatic N) is 4. The lowest BCUT2D eigenvalue weighted by Crippen LogP contribution is -2.59. The molecule has 1 N–H and O–H groups in total. The van der Waals surface area contributed by atoms with Crippen LogP contribution in [0.25, 0.3) is 16.8 Å². The van der Waals surface area contributed by atoms with Gasteiger partial charge in [-0.3, -0.25) is 4.40 Å². The van der Waals surface area contributed by atoms with Gasteiger partial charge in [-0.1, -0.05) is 6.92 Å². The summed E-state index contributed by atoms with van der Waals surface area (Å²) < 4.78 is 54.1. The summed E-state index contributed by atoms with van der Waals surface area (Å²) >= 11 is 0. The quantitative estimate of drug-likeness (QED) is 0.718. The third kappa shape index (κ3) is 2.81. The first-order valence-electron chi connectivity index (χ1n) is 9.39. The van der Waals surface area contributed by atoms with E-state index >= 15 is 0 Å². The summed E-state index contributed by atoms with van der Waals surface area (Å²) in [5.74, 6) is -2.56. The zero-order valence-corrected chi connectivity index (χ0v) is 16.2. The molecule has 4 heterocycles. The van der Waals surface area contributed by atoms with E-state index in [9.17, 15) is 17.2 Å². The van der Waals surface area contributed by atoms with Gasteiger partial charge in [0.05, 0.1) is 30.6 Å². The second-order valence-corrected chi connectivity index (χ2v) is 10.2. The molecule has 1 saturated heterocycles. The predicted molar refractivity (Wildman–Crippen MR) is 99.8 cm³/mol. The smallest absolute Gasteiger partial charge is 0.275 e. The van der Waals surface area contributed by atoms with Crippen LogP contribution in [0.3, 0.4) is 0 Å². The summed E-state index contributed by atoms with van der Waals surface area (Å²) in [6.45, 7) is 0.740. The largest absolute Gasteiger partial charge is 0.345 e. The van der Waals surface area contributed by atoms with Gasteiger partial charge in [0.1, 0.15) is 0 Å². The van der Waals surface area contributed by atoms with Crippen molar-refractivity contribution in [2.75, 3.05) is 18.8 Å². The minimum atomic E-state index is -3.65. The first kappa shape index (κ1) is 18.0. The molecule has 1 saturated carbocycles. The number of halogens is 2. The van der Waals surface area contributed by atoms with Gasteiger partial charge in [0, 0.05) is 24.0 Å². The minimum Gasteiger partial charge on any atom is -0.345 e. The van der Waals surface area contributed by atoms with Crippen molar-refractivity contribution in [1.82, 2.24) is 23.7 Å². The fourth-order valence-electron chi connectivity index (χ4n) is 4.75. The number of H-pyrrole nitrogens is 1. The molecule has 1 aliphatic heterocycles. The number of sulfonamides is 1. The van der Waals surface area contributed by atoms with Gasteiger partial charge in [0.2, 0.25) is 10.0 Å². The Balaban J connectivity index is 1.40. The van der Waals surface area contributed by atoms with E-state index in [2.05, 4.69) is 26.3 Å². The minimum absolute atomic E-state index is 0.0478. The normalized spacial score (nSPS) is 28.2. The molecule has 2 fully saturated rings. The molecule has 28 heavy (non-hydrogen) atoms. The molecule has 0 aromatic carbocycles. The SMILES string of the molecule is C[C@@H]1C[C@H](CS(=O)(=O)N2CC(F)(F)C2)CC1c1cnc2cnc3[nH]ccc3n12. The highest BCUT2D eigenvalue weighted by atomic mass is 32.2. The number of hydrogen-bond donors (Lipinski definition) is 1.